The van der Waals surface area contributed by atoms with Crippen LogP contribution in [0.4, 0.5) is 13.2 Å². The van der Waals surface area contributed by atoms with Gasteiger partial charge in [-0.25, -0.2) is 0 Å². The van der Waals surface area contributed by atoms with E-state index in [0.29, 0.717) is 18.8 Å². The van der Waals surface area contributed by atoms with Crippen LogP contribution in [-0.4, -0.2) is 23.6 Å². The van der Waals surface area contributed by atoms with Crippen LogP contribution in [0.25, 0.3) is 0 Å². The Morgan fingerprint density at radius 2 is 1.53 bits per heavy atom. The fraction of sp³-hybridized carbons (Fsp3) is 0.846. The lowest BCUT2D eigenvalue weighted by molar-refractivity contribution is -0.151. The SMILES string of the molecule is NC1CC(C2=NN=C(C3CC(CC(F)(F)F)C3)C2)C1. The van der Waals surface area contributed by atoms with Crippen molar-refractivity contribution in [2.75, 3.05) is 0 Å². The highest BCUT2D eigenvalue weighted by atomic mass is 19.4. The summed E-state index contributed by atoms with van der Waals surface area (Å²) >= 11 is 0. The van der Waals surface area contributed by atoms with Crippen molar-refractivity contribution < 1.29 is 13.2 Å². The van der Waals surface area contributed by atoms with Gasteiger partial charge in [0.1, 0.15) is 0 Å². The minimum atomic E-state index is -4.03. The molecule has 0 aromatic heterocycles. The second kappa shape index (κ2) is 4.58. The van der Waals surface area contributed by atoms with Gasteiger partial charge in [-0.3, -0.25) is 0 Å². The van der Waals surface area contributed by atoms with Gasteiger partial charge in [0.2, 0.25) is 0 Å². The Hall–Kier alpha value is -0.910. The zero-order valence-corrected chi connectivity index (χ0v) is 10.7. The van der Waals surface area contributed by atoms with Crippen LogP contribution in [-0.2, 0) is 0 Å². The van der Waals surface area contributed by atoms with E-state index >= 15 is 0 Å². The fourth-order valence-electron chi connectivity index (χ4n) is 3.27. The molecule has 1 aliphatic heterocycles. The lowest BCUT2D eigenvalue weighted by Gasteiger charge is -2.36. The van der Waals surface area contributed by atoms with Crippen molar-refractivity contribution in [2.45, 2.75) is 50.7 Å². The van der Waals surface area contributed by atoms with Crippen molar-refractivity contribution >= 4 is 11.4 Å². The van der Waals surface area contributed by atoms with Crippen molar-refractivity contribution in [2.24, 2.45) is 33.7 Å². The molecule has 0 atom stereocenters. The van der Waals surface area contributed by atoms with Crippen molar-refractivity contribution in [1.82, 2.24) is 0 Å². The topological polar surface area (TPSA) is 50.7 Å². The largest absolute Gasteiger partial charge is 0.389 e. The quantitative estimate of drug-likeness (QED) is 0.844. The molecule has 2 N–H and O–H groups in total. The van der Waals surface area contributed by atoms with Gasteiger partial charge < -0.3 is 5.73 Å². The molecule has 6 heteroatoms. The molecule has 0 radical (unpaired) electrons. The molecule has 0 amide bonds. The molecule has 0 aromatic rings. The van der Waals surface area contributed by atoms with Crippen LogP contribution in [0.1, 0.15) is 38.5 Å². The summed E-state index contributed by atoms with van der Waals surface area (Å²) in [4.78, 5) is 0. The molecular weight excluding hydrogens is 255 g/mol. The molecule has 2 fully saturated rings. The summed E-state index contributed by atoms with van der Waals surface area (Å²) in [6.07, 6.45) is -0.734. The number of alkyl halides is 3. The highest BCUT2D eigenvalue weighted by Gasteiger charge is 2.42. The van der Waals surface area contributed by atoms with Crippen LogP contribution >= 0.6 is 0 Å². The van der Waals surface area contributed by atoms with E-state index in [0.717, 1.165) is 30.7 Å². The molecule has 0 aromatic carbocycles. The van der Waals surface area contributed by atoms with Gasteiger partial charge in [0.05, 0.1) is 0 Å². The Morgan fingerprint density at radius 1 is 1.00 bits per heavy atom. The summed E-state index contributed by atoms with van der Waals surface area (Å²) < 4.78 is 36.7. The van der Waals surface area contributed by atoms with Crippen LogP contribution in [0.5, 0.6) is 0 Å². The molecule has 0 unspecified atom stereocenters. The molecule has 1 heterocycles. The average molecular weight is 273 g/mol. The second-order valence-electron chi connectivity index (χ2n) is 6.14. The van der Waals surface area contributed by atoms with Crippen LogP contribution in [0.15, 0.2) is 10.2 Å². The highest BCUT2D eigenvalue weighted by Crippen LogP contribution is 2.43. The third-order valence-electron chi connectivity index (χ3n) is 4.54. The van der Waals surface area contributed by atoms with Gasteiger partial charge in [-0.2, -0.15) is 23.4 Å². The third-order valence-corrected chi connectivity index (χ3v) is 4.54. The first-order chi connectivity index (χ1) is 8.90. The van der Waals surface area contributed by atoms with Crippen LogP contribution in [0, 0.1) is 17.8 Å². The number of hydrogen-bond donors (Lipinski definition) is 1. The number of hydrogen-bond acceptors (Lipinski definition) is 3. The van der Waals surface area contributed by atoms with E-state index in [1.807, 2.05) is 0 Å². The Labute approximate surface area is 110 Å². The minimum Gasteiger partial charge on any atom is -0.328 e. The number of nitrogens with two attached hydrogens (primary N) is 1. The molecule has 2 aliphatic carbocycles. The summed E-state index contributed by atoms with van der Waals surface area (Å²) in [7, 11) is 0. The zero-order chi connectivity index (χ0) is 13.6. The predicted molar refractivity (Wildman–Crippen MR) is 67.1 cm³/mol. The van der Waals surface area contributed by atoms with Gasteiger partial charge in [-0.1, -0.05) is 0 Å². The Morgan fingerprint density at radius 3 is 2.00 bits per heavy atom. The van der Waals surface area contributed by atoms with Gasteiger partial charge in [0.25, 0.3) is 0 Å². The van der Waals surface area contributed by atoms with E-state index in [1.165, 1.54) is 0 Å². The van der Waals surface area contributed by atoms with E-state index in [9.17, 15) is 13.2 Å². The molecule has 3 nitrogen and oxygen atoms in total. The molecular formula is C13H18F3N3. The number of nitrogens with zero attached hydrogens (tertiary/aromatic N) is 2. The van der Waals surface area contributed by atoms with E-state index in [1.54, 1.807) is 0 Å². The van der Waals surface area contributed by atoms with Crippen LogP contribution in [0.2, 0.25) is 0 Å². The van der Waals surface area contributed by atoms with Gasteiger partial charge in [-0.15, -0.1) is 0 Å². The summed E-state index contributed by atoms with van der Waals surface area (Å²) in [6, 6.07) is 0.289. The highest BCUT2D eigenvalue weighted by molar-refractivity contribution is 6.09. The zero-order valence-electron chi connectivity index (χ0n) is 10.7. The summed E-state index contributed by atoms with van der Waals surface area (Å²) in [6.45, 7) is 0. The average Bonchev–Trinajstić information content (AvgIpc) is 2.65. The fourth-order valence-corrected chi connectivity index (χ4v) is 3.27. The molecule has 3 rings (SSSR count). The van der Waals surface area contributed by atoms with Crippen LogP contribution in [0.3, 0.4) is 0 Å². The lowest BCUT2D eigenvalue weighted by atomic mass is 9.69. The first kappa shape index (κ1) is 13.1. The van der Waals surface area contributed by atoms with Gasteiger partial charge in [-0.05, 0) is 31.6 Å². The Balaban J connectivity index is 1.42. The molecule has 106 valence electrons. The maximum absolute atomic E-state index is 12.2. The summed E-state index contributed by atoms with van der Waals surface area (Å²) in [5.41, 5.74) is 7.83. The van der Waals surface area contributed by atoms with Crippen molar-refractivity contribution in [1.29, 1.82) is 0 Å². The van der Waals surface area contributed by atoms with Crippen molar-refractivity contribution in [3.63, 3.8) is 0 Å². The Kier molecular flexibility index (Phi) is 3.15. The maximum Gasteiger partial charge on any atom is 0.389 e. The second-order valence-corrected chi connectivity index (χ2v) is 6.14. The standard InChI is InChI=1S/C13H18F3N3/c14-13(15,16)6-7-1-8(2-7)11-5-12(19-18-11)9-3-10(17)4-9/h7-10H,1-6,17H2. The molecule has 0 bridgehead atoms. The van der Waals surface area contributed by atoms with Gasteiger partial charge in [0.15, 0.2) is 0 Å². The van der Waals surface area contributed by atoms with E-state index in [2.05, 4.69) is 10.2 Å². The van der Waals surface area contributed by atoms with E-state index < -0.39 is 12.6 Å². The predicted octanol–water partition coefficient (Wildman–Crippen LogP) is 2.90. The molecule has 19 heavy (non-hydrogen) atoms. The summed E-state index contributed by atoms with van der Waals surface area (Å²) in [5.74, 6) is 0.471. The first-order valence-electron chi connectivity index (χ1n) is 6.86. The lowest BCUT2D eigenvalue weighted by Crippen LogP contribution is -2.41. The molecule has 0 saturated heterocycles. The monoisotopic (exact) mass is 273 g/mol. The smallest absolute Gasteiger partial charge is 0.328 e. The van der Waals surface area contributed by atoms with E-state index in [4.69, 9.17) is 5.73 Å². The van der Waals surface area contributed by atoms with Crippen molar-refractivity contribution in [3.8, 4) is 0 Å². The van der Waals surface area contributed by atoms with Gasteiger partial charge >= 0.3 is 6.18 Å². The van der Waals surface area contributed by atoms with E-state index in [-0.39, 0.29) is 17.9 Å². The van der Waals surface area contributed by atoms with Gasteiger partial charge in [0, 0.05) is 42.1 Å². The third kappa shape index (κ3) is 2.83. The van der Waals surface area contributed by atoms with Crippen LogP contribution < -0.4 is 5.73 Å². The first-order valence-corrected chi connectivity index (χ1v) is 6.86. The van der Waals surface area contributed by atoms with Crippen molar-refractivity contribution in [3.05, 3.63) is 0 Å². The summed E-state index contributed by atoms with van der Waals surface area (Å²) in [5, 5.41) is 8.38. The Bertz CT molecular complexity index is 415. The maximum atomic E-state index is 12.2. The minimum absolute atomic E-state index is 0.214. The molecule has 0 spiro atoms. The number of halogens is 3. The molecule has 2 saturated carbocycles. The molecule has 3 aliphatic rings. The number of rotatable bonds is 3. The normalized spacial score (nSPS) is 38.3.